The number of amides is 2. The number of nitrogens with one attached hydrogen (secondary N) is 1. The van der Waals surface area contributed by atoms with E-state index in [9.17, 15) is 9.59 Å². The first kappa shape index (κ1) is 24.1. The van der Waals surface area contributed by atoms with Gasteiger partial charge in [-0.25, -0.2) is 0 Å². The fraction of sp³-hybridized carbons (Fsp3) is 0.429. The molecule has 2 rings (SSSR count). The number of nitrogens with two attached hydrogens (primary N) is 1. The molecule has 2 amide bonds. The molecule has 1 aromatic heterocycles. The number of carbonyl (C=O) groups excluding carboxylic acids is 2. The van der Waals surface area contributed by atoms with Crippen LogP contribution in [0.1, 0.15) is 53.5 Å². The molecule has 1 heterocycles. The van der Waals surface area contributed by atoms with Crippen LogP contribution in [-0.4, -0.2) is 36.3 Å². The highest BCUT2D eigenvalue weighted by molar-refractivity contribution is 7.14. The Labute approximate surface area is 177 Å². The third-order valence-electron chi connectivity index (χ3n) is 4.75. The van der Waals surface area contributed by atoms with E-state index in [2.05, 4.69) is 26.1 Å². The molecule has 3 N–H and O–H groups in total. The second-order valence-electron chi connectivity index (χ2n) is 7.09. The summed E-state index contributed by atoms with van der Waals surface area (Å²) in [7, 11) is 1.77. The van der Waals surface area contributed by atoms with Crippen molar-refractivity contribution in [2.45, 2.75) is 39.7 Å². The van der Waals surface area contributed by atoms with Gasteiger partial charge in [-0.2, -0.15) is 0 Å². The maximum Gasteiger partial charge on any atom is 0.256 e. The molecule has 154 valence electrons. The first-order chi connectivity index (χ1) is 12.8. The van der Waals surface area contributed by atoms with Gasteiger partial charge in [0.2, 0.25) is 0 Å². The molecule has 0 fully saturated rings. The third kappa shape index (κ3) is 6.33. The fourth-order valence-electron chi connectivity index (χ4n) is 2.62. The van der Waals surface area contributed by atoms with Crippen LogP contribution in [0, 0.1) is 5.92 Å². The molecule has 0 radical (unpaired) electrons. The van der Waals surface area contributed by atoms with Crippen LogP contribution in [0.2, 0.25) is 0 Å². The van der Waals surface area contributed by atoms with Crippen LogP contribution < -0.4 is 11.1 Å². The molecule has 0 spiro atoms. The van der Waals surface area contributed by atoms with Crippen LogP contribution >= 0.6 is 23.7 Å². The molecular weight excluding hydrogens is 394 g/mol. The summed E-state index contributed by atoms with van der Waals surface area (Å²) < 4.78 is 0. The number of aryl methyl sites for hydroxylation is 1. The van der Waals surface area contributed by atoms with E-state index in [0.717, 1.165) is 12.8 Å². The molecule has 5 nitrogen and oxygen atoms in total. The molecule has 0 saturated heterocycles. The van der Waals surface area contributed by atoms with Gasteiger partial charge in [-0.15, -0.1) is 23.7 Å². The molecule has 1 aromatic carbocycles. The quantitative estimate of drug-likeness (QED) is 0.659. The molecule has 0 aliphatic carbocycles. The van der Waals surface area contributed by atoms with E-state index in [4.69, 9.17) is 5.73 Å². The summed E-state index contributed by atoms with van der Waals surface area (Å²) in [4.78, 5) is 26.9. The second kappa shape index (κ2) is 11.2. The summed E-state index contributed by atoms with van der Waals surface area (Å²) in [5.74, 6) is 0.0612. The van der Waals surface area contributed by atoms with Gasteiger partial charge in [0.15, 0.2) is 0 Å². The standard InChI is InChI=1S/C21H29N3O2S.ClH/c1-5-15-6-8-16(9-7-15)19(25)23-20-17(11-13-27-20)21(26)24(4)12-10-18(22)14(2)3;/h6-9,11,13-14,18H,5,10,12,22H2,1-4H3,(H,23,25);1H. The minimum absolute atomic E-state index is 0. The molecule has 0 aliphatic rings. The van der Waals surface area contributed by atoms with Gasteiger partial charge in [0, 0.05) is 25.2 Å². The van der Waals surface area contributed by atoms with E-state index in [1.165, 1.54) is 16.9 Å². The minimum Gasteiger partial charge on any atom is -0.342 e. The first-order valence-corrected chi connectivity index (χ1v) is 10.2. The van der Waals surface area contributed by atoms with E-state index in [1.54, 1.807) is 18.0 Å². The van der Waals surface area contributed by atoms with Crippen LogP contribution in [0.5, 0.6) is 0 Å². The first-order valence-electron chi connectivity index (χ1n) is 9.32. The molecular formula is C21H30ClN3O2S. The zero-order valence-corrected chi connectivity index (χ0v) is 18.5. The Bertz CT molecular complexity index is 774. The van der Waals surface area contributed by atoms with Gasteiger partial charge in [-0.3, -0.25) is 9.59 Å². The van der Waals surface area contributed by atoms with Gasteiger partial charge in [0.1, 0.15) is 5.00 Å². The minimum atomic E-state index is -0.210. The molecule has 1 atom stereocenters. The highest BCUT2D eigenvalue weighted by Gasteiger charge is 2.20. The van der Waals surface area contributed by atoms with Crippen molar-refractivity contribution in [3.8, 4) is 0 Å². The Morgan fingerprint density at radius 3 is 2.39 bits per heavy atom. The lowest BCUT2D eigenvalue weighted by Gasteiger charge is -2.21. The summed E-state index contributed by atoms with van der Waals surface area (Å²) in [6.45, 7) is 6.81. The number of benzene rings is 1. The number of thiophene rings is 1. The van der Waals surface area contributed by atoms with Gasteiger partial charge >= 0.3 is 0 Å². The summed E-state index contributed by atoms with van der Waals surface area (Å²) >= 11 is 1.35. The largest absolute Gasteiger partial charge is 0.342 e. The Hall–Kier alpha value is -1.89. The number of hydrogen-bond donors (Lipinski definition) is 2. The van der Waals surface area contributed by atoms with Gasteiger partial charge in [-0.05, 0) is 47.9 Å². The number of rotatable bonds is 8. The highest BCUT2D eigenvalue weighted by Crippen LogP contribution is 2.25. The maximum atomic E-state index is 12.8. The Morgan fingerprint density at radius 1 is 1.18 bits per heavy atom. The fourth-order valence-corrected chi connectivity index (χ4v) is 3.40. The average Bonchev–Trinajstić information content (AvgIpc) is 3.12. The summed E-state index contributed by atoms with van der Waals surface area (Å²) in [5, 5.41) is 5.26. The van der Waals surface area contributed by atoms with Crippen LogP contribution in [0.4, 0.5) is 5.00 Å². The van der Waals surface area contributed by atoms with E-state index in [1.807, 2.05) is 29.6 Å². The second-order valence-corrected chi connectivity index (χ2v) is 8.01. The molecule has 1 unspecified atom stereocenters. The van der Waals surface area contributed by atoms with Crippen molar-refractivity contribution < 1.29 is 9.59 Å². The van der Waals surface area contributed by atoms with Gasteiger partial charge < -0.3 is 16.0 Å². The Morgan fingerprint density at radius 2 is 1.82 bits per heavy atom. The number of anilines is 1. The van der Waals surface area contributed by atoms with Crippen LogP contribution in [-0.2, 0) is 6.42 Å². The Balaban J connectivity index is 0.00000392. The van der Waals surface area contributed by atoms with E-state index >= 15 is 0 Å². The molecule has 2 aromatic rings. The highest BCUT2D eigenvalue weighted by atomic mass is 35.5. The predicted octanol–water partition coefficient (Wildman–Crippen LogP) is 4.43. The molecule has 0 saturated carbocycles. The number of carbonyl (C=O) groups is 2. The van der Waals surface area contributed by atoms with Crippen molar-refractivity contribution >= 4 is 40.6 Å². The number of hydrogen-bond acceptors (Lipinski definition) is 4. The van der Waals surface area contributed by atoms with Crippen LogP contribution in [0.15, 0.2) is 35.7 Å². The van der Waals surface area contributed by atoms with Crippen LogP contribution in [0.25, 0.3) is 0 Å². The number of nitrogens with zero attached hydrogens (tertiary/aromatic N) is 1. The average molecular weight is 424 g/mol. The SMILES string of the molecule is CCc1ccc(C(=O)Nc2sccc2C(=O)N(C)CCC(N)C(C)C)cc1.Cl. The summed E-state index contributed by atoms with van der Waals surface area (Å²) in [5.41, 5.74) is 8.34. The third-order valence-corrected chi connectivity index (χ3v) is 5.58. The molecule has 7 heteroatoms. The lowest BCUT2D eigenvalue weighted by Crippen LogP contribution is -2.34. The lowest BCUT2D eigenvalue weighted by molar-refractivity contribution is 0.0790. The topological polar surface area (TPSA) is 75.4 Å². The van der Waals surface area contributed by atoms with Crippen molar-refractivity contribution in [3.05, 3.63) is 52.4 Å². The molecule has 0 bridgehead atoms. The zero-order valence-electron chi connectivity index (χ0n) is 16.9. The number of halogens is 1. The summed E-state index contributed by atoms with van der Waals surface area (Å²) in [6.07, 6.45) is 1.67. The van der Waals surface area contributed by atoms with Gasteiger partial charge in [0.05, 0.1) is 5.56 Å². The van der Waals surface area contributed by atoms with Crippen molar-refractivity contribution in [3.63, 3.8) is 0 Å². The van der Waals surface area contributed by atoms with E-state index in [0.29, 0.717) is 28.6 Å². The maximum absolute atomic E-state index is 12.8. The zero-order chi connectivity index (χ0) is 20.0. The summed E-state index contributed by atoms with van der Waals surface area (Å²) in [6, 6.07) is 9.32. The van der Waals surface area contributed by atoms with Crippen LogP contribution in [0.3, 0.4) is 0 Å². The van der Waals surface area contributed by atoms with Crippen molar-refractivity contribution in [1.29, 1.82) is 0 Å². The van der Waals surface area contributed by atoms with Crippen molar-refractivity contribution in [1.82, 2.24) is 4.90 Å². The van der Waals surface area contributed by atoms with Crippen molar-refractivity contribution in [2.24, 2.45) is 11.7 Å². The molecule has 0 aliphatic heterocycles. The van der Waals surface area contributed by atoms with E-state index < -0.39 is 0 Å². The van der Waals surface area contributed by atoms with Crippen molar-refractivity contribution in [2.75, 3.05) is 18.9 Å². The lowest BCUT2D eigenvalue weighted by atomic mass is 10.0. The predicted molar refractivity (Wildman–Crippen MR) is 120 cm³/mol. The van der Waals surface area contributed by atoms with Gasteiger partial charge in [0.25, 0.3) is 11.8 Å². The molecule has 28 heavy (non-hydrogen) atoms. The van der Waals surface area contributed by atoms with E-state index in [-0.39, 0.29) is 30.3 Å². The van der Waals surface area contributed by atoms with Gasteiger partial charge in [-0.1, -0.05) is 32.9 Å². The smallest absolute Gasteiger partial charge is 0.256 e. The monoisotopic (exact) mass is 423 g/mol. The Kier molecular flexibility index (Phi) is 9.65. The normalized spacial score (nSPS) is 11.6.